The Balaban J connectivity index is 2.06. The van der Waals surface area contributed by atoms with Crippen molar-refractivity contribution in [3.8, 4) is 0 Å². The first-order chi connectivity index (χ1) is 11.2. The number of aromatic nitrogens is 2. The molecule has 0 saturated carbocycles. The van der Waals surface area contributed by atoms with E-state index < -0.39 is 17.9 Å². The molecule has 128 valence electrons. The van der Waals surface area contributed by atoms with Crippen molar-refractivity contribution in [3.63, 3.8) is 0 Å². The Morgan fingerprint density at radius 3 is 2.33 bits per heavy atom. The molecule has 6 nitrogen and oxygen atoms in total. The summed E-state index contributed by atoms with van der Waals surface area (Å²) in [5.41, 5.74) is 2.26. The van der Waals surface area contributed by atoms with Gasteiger partial charge in [0.1, 0.15) is 12.6 Å². The molecule has 1 heterocycles. The number of carboxylic acids is 1. The zero-order valence-electron chi connectivity index (χ0n) is 13.2. The third kappa shape index (κ3) is 4.97. The normalized spacial score (nSPS) is 12.0. The zero-order valence-corrected chi connectivity index (χ0v) is 14.7. The number of carbonyl (C=O) groups is 2. The first kappa shape index (κ1) is 18.3. The SMILES string of the molecule is Cc1cc(C)n(CC(=O)NC(Cc2cc(Cl)cc(Cl)c2)C(=O)O)n1. The molecule has 0 saturated heterocycles. The number of benzene rings is 1. The average molecular weight is 370 g/mol. The highest BCUT2D eigenvalue weighted by Gasteiger charge is 2.21. The fourth-order valence-electron chi connectivity index (χ4n) is 2.38. The van der Waals surface area contributed by atoms with Crippen LogP contribution in [-0.4, -0.2) is 32.8 Å². The maximum atomic E-state index is 12.1. The molecule has 0 bridgehead atoms. The standard InChI is InChI=1S/C16H17Cl2N3O3/c1-9-3-10(2)21(20-9)8-15(22)19-14(16(23)24)6-11-4-12(17)7-13(18)5-11/h3-5,7,14H,6,8H2,1-2H3,(H,19,22)(H,23,24). The van der Waals surface area contributed by atoms with Crippen molar-refractivity contribution in [3.05, 3.63) is 51.3 Å². The third-order valence-electron chi connectivity index (χ3n) is 3.39. The van der Waals surface area contributed by atoms with Crippen molar-refractivity contribution in [1.29, 1.82) is 0 Å². The molecule has 0 aliphatic heterocycles. The lowest BCUT2D eigenvalue weighted by atomic mass is 10.1. The maximum Gasteiger partial charge on any atom is 0.326 e. The van der Waals surface area contributed by atoms with E-state index in [4.69, 9.17) is 23.2 Å². The molecule has 0 aliphatic carbocycles. The third-order valence-corrected chi connectivity index (χ3v) is 3.83. The van der Waals surface area contributed by atoms with Crippen LogP contribution in [0.15, 0.2) is 24.3 Å². The molecule has 1 aromatic heterocycles. The van der Waals surface area contributed by atoms with Crippen molar-refractivity contribution in [2.75, 3.05) is 0 Å². The Hall–Kier alpha value is -2.05. The summed E-state index contributed by atoms with van der Waals surface area (Å²) in [6.07, 6.45) is 0.0818. The fourth-order valence-corrected chi connectivity index (χ4v) is 2.95. The molecule has 0 radical (unpaired) electrons. The lowest BCUT2D eigenvalue weighted by Crippen LogP contribution is -2.43. The lowest BCUT2D eigenvalue weighted by molar-refractivity contribution is -0.141. The molecular formula is C16H17Cl2N3O3. The molecule has 1 amide bonds. The minimum atomic E-state index is -1.13. The van der Waals surface area contributed by atoms with Crippen molar-refractivity contribution < 1.29 is 14.7 Å². The highest BCUT2D eigenvalue weighted by atomic mass is 35.5. The number of nitrogens with zero attached hydrogens (tertiary/aromatic N) is 2. The van der Waals surface area contributed by atoms with E-state index in [0.29, 0.717) is 15.6 Å². The first-order valence-electron chi connectivity index (χ1n) is 7.23. The summed E-state index contributed by atoms with van der Waals surface area (Å²) < 4.78 is 1.53. The predicted molar refractivity (Wildman–Crippen MR) is 91.4 cm³/mol. The largest absolute Gasteiger partial charge is 0.480 e. The van der Waals surface area contributed by atoms with Crippen LogP contribution in [0.3, 0.4) is 0 Å². The second-order valence-electron chi connectivity index (χ2n) is 5.52. The molecule has 2 N–H and O–H groups in total. The number of aryl methyl sites for hydroxylation is 2. The highest BCUT2D eigenvalue weighted by molar-refractivity contribution is 6.34. The Kier molecular flexibility index (Phi) is 5.85. The van der Waals surface area contributed by atoms with Crippen molar-refractivity contribution in [2.45, 2.75) is 32.9 Å². The number of rotatable bonds is 6. The quantitative estimate of drug-likeness (QED) is 0.819. The van der Waals surface area contributed by atoms with E-state index in [-0.39, 0.29) is 13.0 Å². The van der Waals surface area contributed by atoms with Crippen LogP contribution in [0.1, 0.15) is 17.0 Å². The summed E-state index contributed by atoms with van der Waals surface area (Å²) in [5, 5.41) is 16.9. The van der Waals surface area contributed by atoms with Crippen molar-refractivity contribution in [2.24, 2.45) is 0 Å². The number of hydrogen-bond acceptors (Lipinski definition) is 3. The van der Waals surface area contributed by atoms with E-state index in [9.17, 15) is 14.7 Å². The van der Waals surface area contributed by atoms with Crippen LogP contribution >= 0.6 is 23.2 Å². The van der Waals surface area contributed by atoms with Gasteiger partial charge in [-0.1, -0.05) is 23.2 Å². The second-order valence-corrected chi connectivity index (χ2v) is 6.40. The number of amides is 1. The summed E-state index contributed by atoms with van der Waals surface area (Å²) in [4.78, 5) is 23.6. The summed E-state index contributed by atoms with van der Waals surface area (Å²) in [6.45, 7) is 3.61. The molecule has 0 fully saturated rings. The van der Waals surface area contributed by atoms with E-state index >= 15 is 0 Å². The van der Waals surface area contributed by atoms with Gasteiger partial charge in [0, 0.05) is 22.2 Å². The molecule has 2 rings (SSSR count). The molecule has 0 aliphatic rings. The van der Waals surface area contributed by atoms with E-state index in [1.54, 1.807) is 18.2 Å². The van der Waals surface area contributed by atoms with Gasteiger partial charge >= 0.3 is 5.97 Å². The molecule has 0 spiro atoms. The minimum Gasteiger partial charge on any atom is -0.480 e. The molecule has 1 unspecified atom stereocenters. The molecule has 8 heteroatoms. The summed E-state index contributed by atoms with van der Waals surface area (Å²) >= 11 is 11.8. The van der Waals surface area contributed by atoms with Crippen molar-refractivity contribution in [1.82, 2.24) is 15.1 Å². The van der Waals surface area contributed by atoms with Crippen LogP contribution in [0.2, 0.25) is 10.0 Å². The topological polar surface area (TPSA) is 84.2 Å². The highest BCUT2D eigenvalue weighted by Crippen LogP contribution is 2.20. The number of aliphatic carboxylic acids is 1. The van der Waals surface area contributed by atoms with Crippen LogP contribution in [0.4, 0.5) is 0 Å². The summed E-state index contributed by atoms with van der Waals surface area (Å²) in [7, 11) is 0. The van der Waals surface area contributed by atoms with E-state index in [1.165, 1.54) is 4.68 Å². The zero-order chi connectivity index (χ0) is 17.9. The van der Waals surface area contributed by atoms with Gasteiger partial charge in [-0.25, -0.2) is 4.79 Å². The van der Waals surface area contributed by atoms with E-state index in [2.05, 4.69) is 10.4 Å². The van der Waals surface area contributed by atoms with E-state index in [0.717, 1.165) is 11.4 Å². The monoisotopic (exact) mass is 369 g/mol. The maximum absolute atomic E-state index is 12.1. The van der Waals surface area contributed by atoms with Crippen LogP contribution < -0.4 is 5.32 Å². The van der Waals surface area contributed by atoms with Crippen molar-refractivity contribution >= 4 is 35.1 Å². The van der Waals surface area contributed by atoms with Gasteiger partial charge in [-0.3, -0.25) is 9.48 Å². The van der Waals surface area contributed by atoms with Crippen LogP contribution in [-0.2, 0) is 22.6 Å². The molecule has 1 atom stereocenters. The van der Waals surface area contributed by atoms with Crippen LogP contribution in [0, 0.1) is 13.8 Å². The number of carbonyl (C=O) groups excluding carboxylic acids is 1. The summed E-state index contributed by atoms with van der Waals surface area (Å²) in [6, 6.07) is 5.57. The summed E-state index contributed by atoms with van der Waals surface area (Å²) in [5.74, 6) is -1.56. The lowest BCUT2D eigenvalue weighted by Gasteiger charge is -2.15. The Labute approximate surface area is 149 Å². The van der Waals surface area contributed by atoms with Gasteiger partial charge in [-0.05, 0) is 43.7 Å². The number of carboxylic acid groups (broad SMARTS) is 1. The van der Waals surface area contributed by atoms with Gasteiger partial charge in [-0.2, -0.15) is 5.10 Å². The molecule has 1 aromatic carbocycles. The van der Waals surface area contributed by atoms with Gasteiger partial charge in [0.15, 0.2) is 0 Å². The number of halogens is 2. The van der Waals surface area contributed by atoms with Gasteiger partial charge in [0.2, 0.25) is 5.91 Å². The van der Waals surface area contributed by atoms with E-state index in [1.807, 2.05) is 19.9 Å². The average Bonchev–Trinajstić information content (AvgIpc) is 2.74. The Morgan fingerprint density at radius 1 is 1.21 bits per heavy atom. The van der Waals surface area contributed by atoms with Gasteiger partial charge < -0.3 is 10.4 Å². The molecule has 24 heavy (non-hydrogen) atoms. The number of hydrogen-bond donors (Lipinski definition) is 2. The Bertz CT molecular complexity index is 754. The fraction of sp³-hybridized carbons (Fsp3) is 0.312. The van der Waals surface area contributed by atoms with Gasteiger partial charge in [-0.15, -0.1) is 0 Å². The smallest absolute Gasteiger partial charge is 0.326 e. The molecular weight excluding hydrogens is 353 g/mol. The predicted octanol–water partition coefficient (Wildman–Crippen LogP) is 2.62. The van der Waals surface area contributed by atoms with Crippen LogP contribution in [0.5, 0.6) is 0 Å². The second kappa shape index (κ2) is 7.68. The molecule has 2 aromatic rings. The van der Waals surface area contributed by atoms with Crippen LogP contribution in [0.25, 0.3) is 0 Å². The first-order valence-corrected chi connectivity index (χ1v) is 7.98. The van der Waals surface area contributed by atoms with Gasteiger partial charge in [0.25, 0.3) is 0 Å². The van der Waals surface area contributed by atoms with Gasteiger partial charge in [0.05, 0.1) is 5.69 Å². The minimum absolute atomic E-state index is 0.0419. The number of nitrogens with one attached hydrogen (secondary N) is 1. The Morgan fingerprint density at radius 2 is 1.83 bits per heavy atom.